The van der Waals surface area contributed by atoms with Crippen LogP contribution >= 0.6 is 0 Å². The van der Waals surface area contributed by atoms with Crippen LogP contribution in [-0.4, -0.2) is 32.7 Å². The summed E-state index contributed by atoms with van der Waals surface area (Å²) in [6, 6.07) is 7.28. The van der Waals surface area contributed by atoms with E-state index in [0.29, 0.717) is 12.3 Å². The Hall–Kier alpha value is -2.97. The molecule has 0 aliphatic heterocycles. The molecule has 1 N–H and O–H groups in total. The van der Waals surface area contributed by atoms with Crippen LogP contribution in [0.1, 0.15) is 5.56 Å². The Labute approximate surface area is 119 Å². The van der Waals surface area contributed by atoms with Gasteiger partial charge in [0.15, 0.2) is 0 Å². The number of amides is 1. The number of rotatable bonds is 6. The third-order valence-corrected chi connectivity index (χ3v) is 2.62. The first-order valence-electron chi connectivity index (χ1n) is 6.02. The number of methoxy groups -OCH3 is 1. The van der Waals surface area contributed by atoms with E-state index in [1.807, 2.05) is 12.1 Å². The number of nitro groups is 1. The van der Waals surface area contributed by atoms with Crippen molar-refractivity contribution < 1.29 is 14.5 Å². The maximum atomic E-state index is 11.7. The van der Waals surface area contributed by atoms with E-state index in [0.717, 1.165) is 16.6 Å². The van der Waals surface area contributed by atoms with E-state index < -0.39 is 10.9 Å². The maximum Gasteiger partial charge on any atom is 0.490 e. The van der Waals surface area contributed by atoms with Crippen molar-refractivity contribution in [3.05, 3.63) is 46.3 Å². The minimum Gasteiger partial charge on any atom is -0.497 e. The Bertz CT molecular complexity index is 655. The van der Waals surface area contributed by atoms with Crippen molar-refractivity contribution in [3.8, 4) is 5.75 Å². The molecule has 9 heteroatoms. The summed E-state index contributed by atoms with van der Waals surface area (Å²) < 4.78 is 6.19. The SMILES string of the molecule is COc1cccc(CNC(=O)Cn2cnc([N+](=O)[O-])n2)c1. The molecule has 0 bridgehead atoms. The monoisotopic (exact) mass is 291 g/mol. The molecule has 110 valence electrons. The van der Waals surface area contributed by atoms with E-state index in [1.165, 1.54) is 0 Å². The second-order valence-corrected chi connectivity index (χ2v) is 4.13. The van der Waals surface area contributed by atoms with Crippen LogP contribution in [-0.2, 0) is 17.9 Å². The fraction of sp³-hybridized carbons (Fsp3) is 0.250. The number of hydrogen-bond acceptors (Lipinski definition) is 6. The summed E-state index contributed by atoms with van der Waals surface area (Å²) in [4.78, 5) is 24.9. The summed E-state index contributed by atoms with van der Waals surface area (Å²) in [7, 11) is 1.56. The number of carbonyl (C=O) groups excluding carboxylic acids is 1. The number of ether oxygens (including phenoxy) is 1. The van der Waals surface area contributed by atoms with Gasteiger partial charge in [-0.05, 0) is 22.6 Å². The number of hydrogen-bond donors (Lipinski definition) is 1. The molecule has 21 heavy (non-hydrogen) atoms. The number of nitrogens with zero attached hydrogens (tertiary/aromatic N) is 4. The highest BCUT2D eigenvalue weighted by atomic mass is 16.6. The first-order chi connectivity index (χ1) is 10.1. The van der Waals surface area contributed by atoms with Crippen molar-refractivity contribution in [3.63, 3.8) is 0 Å². The molecular weight excluding hydrogens is 278 g/mol. The van der Waals surface area contributed by atoms with Gasteiger partial charge < -0.3 is 20.2 Å². The van der Waals surface area contributed by atoms with Crippen molar-refractivity contribution in [1.29, 1.82) is 0 Å². The molecule has 1 amide bonds. The highest BCUT2D eigenvalue weighted by molar-refractivity contribution is 5.75. The van der Waals surface area contributed by atoms with Crippen molar-refractivity contribution in [1.82, 2.24) is 20.1 Å². The zero-order valence-corrected chi connectivity index (χ0v) is 11.2. The van der Waals surface area contributed by atoms with E-state index >= 15 is 0 Å². The fourth-order valence-corrected chi connectivity index (χ4v) is 1.63. The van der Waals surface area contributed by atoms with E-state index in [1.54, 1.807) is 19.2 Å². The van der Waals surface area contributed by atoms with Crippen molar-refractivity contribution in [2.45, 2.75) is 13.1 Å². The predicted molar refractivity (Wildman–Crippen MR) is 71.5 cm³/mol. The van der Waals surface area contributed by atoms with Gasteiger partial charge in [0.1, 0.15) is 12.3 Å². The molecule has 1 aromatic carbocycles. The molecule has 0 atom stereocenters. The van der Waals surface area contributed by atoms with Crippen molar-refractivity contribution in [2.75, 3.05) is 7.11 Å². The summed E-state index contributed by atoms with van der Waals surface area (Å²) in [5, 5.41) is 16.7. The molecule has 2 rings (SSSR count). The molecule has 0 saturated heterocycles. The Kier molecular flexibility index (Phi) is 4.44. The Balaban J connectivity index is 1.87. The molecule has 1 aromatic heterocycles. The lowest BCUT2D eigenvalue weighted by Crippen LogP contribution is -2.27. The first kappa shape index (κ1) is 14.4. The normalized spacial score (nSPS) is 10.1. The third-order valence-electron chi connectivity index (χ3n) is 2.62. The van der Waals surface area contributed by atoms with Crippen LogP contribution < -0.4 is 10.1 Å². The van der Waals surface area contributed by atoms with Gasteiger partial charge in [0.05, 0.1) is 7.11 Å². The Morgan fingerprint density at radius 3 is 3.00 bits per heavy atom. The molecule has 0 fully saturated rings. The van der Waals surface area contributed by atoms with E-state index in [2.05, 4.69) is 15.4 Å². The van der Waals surface area contributed by atoms with E-state index in [-0.39, 0.29) is 12.5 Å². The molecule has 0 aliphatic carbocycles. The third kappa shape index (κ3) is 4.00. The molecule has 0 saturated carbocycles. The molecule has 9 nitrogen and oxygen atoms in total. The molecule has 0 radical (unpaired) electrons. The second-order valence-electron chi connectivity index (χ2n) is 4.13. The maximum absolute atomic E-state index is 11.7. The van der Waals surface area contributed by atoms with Gasteiger partial charge >= 0.3 is 5.95 Å². The van der Waals surface area contributed by atoms with Crippen LogP contribution in [0.15, 0.2) is 30.6 Å². The molecule has 0 unspecified atom stereocenters. The largest absolute Gasteiger partial charge is 0.497 e. The Morgan fingerprint density at radius 2 is 2.33 bits per heavy atom. The Morgan fingerprint density at radius 1 is 1.52 bits per heavy atom. The average molecular weight is 291 g/mol. The summed E-state index contributed by atoms with van der Waals surface area (Å²) in [5.74, 6) is -0.151. The lowest BCUT2D eigenvalue weighted by atomic mass is 10.2. The summed E-state index contributed by atoms with van der Waals surface area (Å²) >= 11 is 0. The van der Waals surface area contributed by atoms with Gasteiger partial charge in [-0.15, -0.1) is 0 Å². The first-order valence-corrected chi connectivity index (χ1v) is 6.02. The van der Waals surface area contributed by atoms with Gasteiger partial charge in [0.2, 0.25) is 12.2 Å². The summed E-state index contributed by atoms with van der Waals surface area (Å²) in [6.45, 7) is 0.192. The molecular formula is C12H13N5O4. The van der Waals surface area contributed by atoms with Gasteiger partial charge in [-0.2, -0.15) is 4.68 Å². The minimum absolute atomic E-state index is 0.134. The van der Waals surface area contributed by atoms with Crippen LogP contribution in [0.25, 0.3) is 0 Å². The van der Waals surface area contributed by atoms with E-state index in [4.69, 9.17) is 4.74 Å². The van der Waals surface area contributed by atoms with Crippen LogP contribution in [0, 0.1) is 10.1 Å². The number of nitrogens with one attached hydrogen (secondary N) is 1. The van der Waals surface area contributed by atoms with Gasteiger partial charge in [-0.3, -0.25) is 4.79 Å². The van der Waals surface area contributed by atoms with E-state index in [9.17, 15) is 14.9 Å². The lowest BCUT2D eigenvalue weighted by molar-refractivity contribution is -0.394. The smallest absolute Gasteiger partial charge is 0.490 e. The standard InChI is InChI=1S/C12H13N5O4/c1-21-10-4-2-3-9(5-10)6-13-11(18)7-16-8-14-12(15-16)17(19)20/h2-5,8H,6-7H2,1H3,(H,13,18). The zero-order chi connectivity index (χ0) is 15.2. The molecule has 1 heterocycles. The topological polar surface area (TPSA) is 112 Å². The zero-order valence-electron chi connectivity index (χ0n) is 11.2. The van der Waals surface area contributed by atoms with Gasteiger partial charge in [0.25, 0.3) is 0 Å². The molecule has 0 spiro atoms. The minimum atomic E-state index is -0.718. The van der Waals surface area contributed by atoms with Crippen LogP contribution in [0.3, 0.4) is 0 Å². The van der Waals surface area contributed by atoms with Gasteiger partial charge in [0, 0.05) is 11.6 Å². The second kappa shape index (κ2) is 6.46. The number of carbonyl (C=O) groups is 1. The number of aromatic nitrogens is 3. The quantitative estimate of drug-likeness (QED) is 0.613. The summed E-state index contributed by atoms with van der Waals surface area (Å²) in [6.07, 6.45) is 1.14. The van der Waals surface area contributed by atoms with Gasteiger partial charge in [-0.1, -0.05) is 17.1 Å². The molecule has 2 aromatic rings. The van der Waals surface area contributed by atoms with Crippen molar-refractivity contribution >= 4 is 11.9 Å². The highest BCUT2D eigenvalue weighted by Crippen LogP contribution is 2.12. The van der Waals surface area contributed by atoms with Crippen molar-refractivity contribution in [2.24, 2.45) is 0 Å². The predicted octanol–water partition coefficient (Wildman–Crippen LogP) is 0.511. The molecule has 0 aliphatic rings. The van der Waals surface area contributed by atoms with Crippen LogP contribution in [0.5, 0.6) is 5.75 Å². The van der Waals surface area contributed by atoms with Crippen LogP contribution in [0.2, 0.25) is 0 Å². The van der Waals surface area contributed by atoms with Crippen LogP contribution in [0.4, 0.5) is 5.95 Å². The summed E-state index contributed by atoms with van der Waals surface area (Å²) in [5.41, 5.74) is 0.882. The lowest BCUT2D eigenvalue weighted by Gasteiger charge is -2.06. The van der Waals surface area contributed by atoms with Gasteiger partial charge in [-0.25, -0.2) is 0 Å². The average Bonchev–Trinajstić information content (AvgIpc) is 2.94. The number of benzene rings is 1. The fourth-order valence-electron chi connectivity index (χ4n) is 1.63. The highest BCUT2D eigenvalue weighted by Gasteiger charge is 2.14.